The molecule has 0 aliphatic carbocycles. The van der Waals surface area contributed by atoms with Gasteiger partial charge in [-0.05, 0) is 26.0 Å². The van der Waals surface area contributed by atoms with Crippen LogP contribution in [0.3, 0.4) is 0 Å². The zero-order valence-electron chi connectivity index (χ0n) is 9.32. The Labute approximate surface area is 96.9 Å². The van der Waals surface area contributed by atoms with Gasteiger partial charge in [0.1, 0.15) is 17.1 Å². The summed E-state index contributed by atoms with van der Waals surface area (Å²) in [7, 11) is 0. The summed E-state index contributed by atoms with van der Waals surface area (Å²) < 4.78 is 13.3. The molecule has 92 valence electrons. The minimum atomic E-state index is -1.50. The van der Waals surface area contributed by atoms with Crippen LogP contribution >= 0.6 is 0 Å². The first-order chi connectivity index (χ1) is 7.74. The Bertz CT molecular complexity index is 471. The van der Waals surface area contributed by atoms with E-state index in [1.165, 1.54) is 13.8 Å². The third-order valence-electron chi connectivity index (χ3n) is 2.16. The number of amides is 1. The van der Waals surface area contributed by atoms with Crippen LogP contribution in [0.1, 0.15) is 24.2 Å². The van der Waals surface area contributed by atoms with E-state index in [4.69, 9.17) is 10.2 Å². The lowest BCUT2D eigenvalue weighted by Crippen LogP contribution is -2.49. The molecular formula is C11H12FNO4. The molecule has 17 heavy (non-hydrogen) atoms. The van der Waals surface area contributed by atoms with E-state index in [0.29, 0.717) is 0 Å². The van der Waals surface area contributed by atoms with Gasteiger partial charge in [-0.15, -0.1) is 0 Å². The van der Waals surface area contributed by atoms with Crippen LogP contribution < -0.4 is 5.32 Å². The standard InChI is InChI=1S/C11H12FNO4/c1-11(2,10(16)17)13-9(15)7-4-3-6(14)5-8(7)12/h3-5,14H,1-2H3,(H,13,15)(H,16,17). The van der Waals surface area contributed by atoms with Crippen molar-refractivity contribution >= 4 is 11.9 Å². The van der Waals surface area contributed by atoms with Crippen LogP contribution in [0.15, 0.2) is 18.2 Å². The monoisotopic (exact) mass is 241 g/mol. The minimum Gasteiger partial charge on any atom is -0.508 e. The van der Waals surface area contributed by atoms with Crippen LogP contribution in [-0.4, -0.2) is 27.6 Å². The van der Waals surface area contributed by atoms with Crippen molar-refractivity contribution in [2.24, 2.45) is 0 Å². The Morgan fingerprint density at radius 2 is 1.94 bits per heavy atom. The molecular weight excluding hydrogens is 229 g/mol. The summed E-state index contributed by atoms with van der Waals surface area (Å²) in [5.41, 5.74) is -1.82. The van der Waals surface area contributed by atoms with Crippen molar-refractivity contribution in [3.05, 3.63) is 29.6 Å². The van der Waals surface area contributed by atoms with E-state index in [-0.39, 0.29) is 11.3 Å². The number of carbonyl (C=O) groups is 2. The Hall–Kier alpha value is -2.11. The van der Waals surface area contributed by atoms with Crippen molar-refractivity contribution in [3.63, 3.8) is 0 Å². The molecule has 0 atom stereocenters. The molecule has 1 aromatic carbocycles. The maximum atomic E-state index is 13.3. The van der Waals surface area contributed by atoms with Crippen molar-refractivity contribution < 1.29 is 24.2 Å². The molecule has 1 amide bonds. The number of benzene rings is 1. The first-order valence-corrected chi connectivity index (χ1v) is 4.78. The van der Waals surface area contributed by atoms with E-state index < -0.39 is 23.2 Å². The van der Waals surface area contributed by atoms with Gasteiger partial charge in [-0.2, -0.15) is 0 Å². The predicted molar refractivity (Wildman–Crippen MR) is 57.2 cm³/mol. The molecule has 0 aliphatic heterocycles. The zero-order valence-corrected chi connectivity index (χ0v) is 9.32. The first-order valence-electron chi connectivity index (χ1n) is 4.78. The van der Waals surface area contributed by atoms with Gasteiger partial charge in [0.15, 0.2) is 0 Å². The summed E-state index contributed by atoms with van der Waals surface area (Å²) >= 11 is 0. The zero-order chi connectivity index (χ0) is 13.2. The lowest BCUT2D eigenvalue weighted by Gasteiger charge is -2.21. The summed E-state index contributed by atoms with van der Waals surface area (Å²) in [5.74, 6) is -3.31. The maximum absolute atomic E-state index is 13.3. The topological polar surface area (TPSA) is 86.6 Å². The first kappa shape index (κ1) is 13.0. The third kappa shape index (κ3) is 2.93. The van der Waals surface area contributed by atoms with Gasteiger partial charge in [0.25, 0.3) is 5.91 Å². The fourth-order valence-electron chi connectivity index (χ4n) is 1.09. The molecule has 0 radical (unpaired) electrons. The average Bonchev–Trinajstić information content (AvgIpc) is 2.15. The van der Waals surface area contributed by atoms with Gasteiger partial charge in [0.05, 0.1) is 5.56 Å². The number of phenolic OH excluding ortho intramolecular Hbond substituents is 1. The molecule has 0 spiro atoms. The van der Waals surface area contributed by atoms with Gasteiger partial charge in [0, 0.05) is 6.07 Å². The Morgan fingerprint density at radius 1 is 1.35 bits per heavy atom. The molecule has 5 nitrogen and oxygen atoms in total. The minimum absolute atomic E-state index is 0.309. The number of hydrogen-bond donors (Lipinski definition) is 3. The lowest BCUT2D eigenvalue weighted by molar-refractivity contribution is -0.143. The normalized spacial score (nSPS) is 11.0. The van der Waals surface area contributed by atoms with E-state index in [1.807, 2.05) is 0 Å². The van der Waals surface area contributed by atoms with Crippen LogP contribution in [-0.2, 0) is 4.79 Å². The van der Waals surface area contributed by atoms with E-state index in [9.17, 15) is 14.0 Å². The molecule has 0 unspecified atom stereocenters. The molecule has 0 heterocycles. The molecule has 0 saturated heterocycles. The Balaban J connectivity index is 2.95. The molecule has 0 saturated carbocycles. The van der Waals surface area contributed by atoms with Crippen molar-refractivity contribution in [3.8, 4) is 5.75 Å². The number of nitrogens with one attached hydrogen (secondary N) is 1. The van der Waals surface area contributed by atoms with Crippen molar-refractivity contribution in [1.29, 1.82) is 0 Å². The highest BCUT2D eigenvalue weighted by molar-refractivity contribution is 5.97. The van der Waals surface area contributed by atoms with Crippen LogP contribution in [0, 0.1) is 5.82 Å². The molecule has 3 N–H and O–H groups in total. The largest absolute Gasteiger partial charge is 0.508 e. The number of carboxylic acids is 1. The van der Waals surface area contributed by atoms with Crippen molar-refractivity contribution in [2.45, 2.75) is 19.4 Å². The number of rotatable bonds is 3. The molecule has 0 aliphatic rings. The second-order valence-electron chi connectivity index (χ2n) is 4.05. The maximum Gasteiger partial charge on any atom is 0.328 e. The van der Waals surface area contributed by atoms with Crippen LogP contribution in [0.5, 0.6) is 5.75 Å². The second-order valence-corrected chi connectivity index (χ2v) is 4.05. The number of aliphatic carboxylic acids is 1. The molecule has 0 fully saturated rings. The smallest absolute Gasteiger partial charge is 0.328 e. The summed E-state index contributed by atoms with van der Waals surface area (Å²) in [6, 6.07) is 3.01. The van der Waals surface area contributed by atoms with Gasteiger partial charge in [0.2, 0.25) is 0 Å². The number of carboxylic acid groups (broad SMARTS) is 1. The van der Waals surface area contributed by atoms with E-state index in [0.717, 1.165) is 18.2 Å². The molecule has 0 aromatic heterocycles. The number of aromatic hydroxyl groups is 1. The SMILES string of the molecule is CC(C)(NC(=O)c1ccc(O)cc1F)C(=O)O. The summed E-state index contributed by atoms with van der Waals surface area (Å²) in [6.45, 7) is 2.57. The van der Waals surface area contributed by atoms with E-state index in [1.54, 1.807) is 0 Å². The van der Waals surface area contributed by atoms with Gasteiger partial charge in [-0.3, -0.25) is 4.79 Å². The van der Waals surface area contributed by atoms with Gasteiger partial charge in [-0.1, -0.05) is 0 Å². The molecule has 6 heteroatoms. The Kier molecular flexibility index (Phi) is 3.36. The fourth-order valence-corrected chi connectivity index (χ4v) is 1.09. The lowest BCUT2D eigenvalue weighted by atomic mass is 10.1. The third-order valence-corrected chi connectivity index (χ3v) is 2.16. The van der Waals surface area contributed by atoms with E-state index in [2.05, 4.69) is 5.32 Å². The second kappa shape index (κ2) is 4.40. The van der Waals surface area contributed by atoms with Crippen LogP contribution in [0.2, 0.25) is 0 Å². The number of carbonyl (C=O) groups excluding carboxylic acids is 1. The Morgan fingerprint density at radius 3 is 2.41 bits per heavy atom. The van der Waals surface area contributed by atoms with Gasteiger partial charge >= 0.3 is 5.97 Å². The van der Waals surface area contributed by atoms with Gasteiger partial charge in [-0.25, -0.2) is 9.18 Å². The summed E-state index contributed by atoms with van der Waals surface area (Å²) in [6.07, 6.45) is 0. The molecule has 0 bridgehead atoms. The number of halogens is 1. The van der Waals surface area contributed by atoms with Crippen molar-refractivity contribution in [2.75, 3.05) is 0 Å². The van der Waals surface area contributed by atoms with E-state index >= 15 is 0 Å². The quantitative estimate of drug-likeness (QED) is 0.740. The number of hydrogen-bond acceptors (Lipinski definition) is 3. The van der Waals surface area contributed by atoms with Crippen LogP contribution in [0.25, 0.3) is 0 Å². The van der Waals surface area contributed by atoms with Crippen LogP contribution in [0.4, 0.5) is 4.39 Å². The highest BCUT2D eigenvalue weighted by Crippen LogP contribution is 2.15. The highest BCUT2D eigenvalue weighted by atomic mass is 19.1. The highest BCUT2D eigenvalue weighted by Gasteiger charge is 2.30. The summed E-state index contributed by atoms with van der Waals surface area (Å²) in [5, 5.41) is 19.9. The fraction of sp³-hybridized carbons (Fsp3) is 0.273. The van der Waals surface area contributed by atoms with Crippen molar-refractivity contribution in [1.82, 2.24) is 5.32 Å². The average molecular weight is 241 g/mol. The molecule has 1 rings (SSSR count). The summed E-state index contributed by atoms with van der Waals surface area (Å²) in [4.78, 5) is 22.4. The predicted octanol–water partition coefficient (Wildman–Crippen LogP) is 1.12. The number of phenols is 1. The molecule has 1 aromatic rings. The van der Waals surface area contributed by atoms with Gasteiger partial charge < -0.3 is 15.5 Å².